The summed E-state index contributed by atoms with van der Waals surface area (Å²) in [5, 5.41) is 3.96. The molecule has 7 heteroatoms. The third kappa shape index (κ3) is 4.09. The number of hydrogen-bond acceptors (Lipinski definition) is 6. The SMILES string of the molecule is CN(CCCc1ccco1)c1ccc(-c2nc(-c3ccc(F)cc3)no2)cn1. The zero-order chi connectivity index (χ0) is 19.3. The van der Waals surface area contributed by atoms with Crippen molar-refractivity contribution in [1.29, 1.82) is 0 Å². The van der Waals surface area contributed by atoms with E-state index >= 15 is 0 Å². The third-order valence-corrected chi connectivity index (χ3v) is 4.41. The summed E-state index contributed by atoms with van der Waals surface area (Å²) in [5.41, 5.74) is 1.42. The van der Waals surface area contributed by atoms with Crippen LogP contribution in [0.4, 0.5) is 10.2 Å². The van der Waals surface area contributed by atoms with Gasteiger partial charge in [0.1, 0.15) is 17.4 Å². The summed E-state index contributed by atoms with van der Waals surface area (Å²) < 4.78 is 23.7. The first-order chi connectivity index (χ1) is 13.7. The van der Waals surface area contributed by atoms with Gasteiger partial charge in [-0.15, -0.1) is 0 Å². The molecule has 0 aliphatic rings. The van der Waals surface area contributed by atoms with Gasteiger partial charge in [-0.3, -0.25) is 0 Å². The largest absolute Gasteiger partial charge is 0.469 e. The fourth-order valence-corrected chi connectivity index (χ4v) is 2.86. The van der Waals surface area contributed by atoms with Gasteiger partial charge in [0, 0.05) is 31.8 Å². The van der Waals surface area contributed by atoms with Crippen LogP contribution in [-0.2, 0) is 6.42 Å². The predicted molar refractivity (Wildman–Crippen MR) is 103 cm³/mol. The van der Waals surface area contributed by atoms with Crippen molar-refractivity contribution in [2.75, 3.05) is 18.5 Å². The first-order valence-corrected chi connectivity index (χ1v) is 8.98. The average molecular weight is 378 g/mol. The van der Waals surface area contributed by atoms with Crippen LogP contribution in [-0.4, -0.2) is 28.7 Å². The quantitative estimate of drug-likeness (QED) is 0.468. The summed E-state index contributed by atoms with van der Waals surface area (Å²) in [6, 6.07) is 13.7. The highest BCUT2D eigenvalue weighted by molar-refractivity contribution is 5.60. The van der Waals surface area contributed by atoms with E-state index in [2.05, 4.69) is 20.0 Å². The van der Waals surface area contributed by atoms with E-state index in [4.69, 9.17) is 8.94 Å². The predicted octanol–water partition coefficient (Wildman–Crippen LogP) is 4.60. The zero-order valence-corrected chi connectivity index (χ0v) is 15.4. The standard InChI is InChI=1S/C21H19FN4O2/c1-26(12-2-4-18-5-3-13-27-18)19-11-8-16(14-23-19)21-24-20(25-28-21)15-6-9-17(22)10-7-15/h3,5-11,13-14H,2,4,12H2,1H3. The Bertz CT molecular complexity index is 1010. The number of halogens is 1. The first kappa shape index (κ1) is 17.9. The molecule has 0 amide bonds. The highest BCUT2D eigenvalue weighted by Gasteiger charge is 2.12. The van der Waals surface area contributed by atoms with Crippen LogP contribution in [0.15, 0.2) is 69.9 Å². The van der Waals surface area contributed by atoms with Gasteiger partial charge in [0.15, 0.2) is 0 Å². The van der Waals surface area contributed by atoms with Crippen LogP contribution in [0.1, 0.15) is 12.2 Å². The average Bonchev–Trinajstić information content (AvgIpc) is 3.41. The molecule has 3 heterocycles. The molecule has 1 aromatic carbocycles. The van der Waals surface area contributed by atoms with Gasteiger partial charge in [0.25, 0.3) is 5.89 Å². The lowest BCUT2D eigenvalue weighted by atomic mass is 10.2. The number of rotatable bonds is 7. The molecule has 0 bridgehead atoms. The molecular formula is C21H19FN4O2. The van der Waals surface area contributed by atoms with Crippen LogP contribution < -0.4 is 4.90 Å². The highest BCUT2D eigenvalue weighted by atomic mass is 19.1. The minimum Gasteiger partial charge on any atom is -0.469 e. The van der Waals surface area contributed by atoms with Crippen molar-refractivity contribution in [3.8, 4) is 22.8 Å². The maximum Gasteiger partial charge on any atom is 0.259 e. The summed E-state index contributed by atoms with van der Waals surface area (Å²) in [6.07, 6.45) is 5.26. The van der Waals surface area contributed by atoms with Gasteiger partial charge in [-0.25, -0.2) is 9.37 Å². The number of hydrogen-bond donors (Lipinski definition) is 0. The second-order valence-electron chi connectivity index (χ2n) is 6.44. The molecule has 3 aromatic heterocycles. The fraction of sp³-hybridized carbons (Fsp3) is 0.190. The molecule has 28 heavy (non-hydrogen) atoms. The lowest BCUT2D eigenvalue weighted by Gasteiger charge is -2.17. The summed E-state index contributed by atoms with van der Waals surface area (Å²) in [4.78, 5) is 10.9. The highest BCUT2D eigenvalue weighted by Crippen LogP contribution is 2.23. The lowest BCUT2D eigenvalue weighted by Crippen LogP contribution is -2.20. The molecule has 0 aliphatic carbocycles. The zero-order valence-electron chi connectivity index (χ0n) is 15.4. The molecule has 0 radical (unpaired) electrons. The second-order valence-corrected chi connectivity index (χ2v) is 6.44. The van der Waals surface area contributed by atoms with Crippen molar-refractivity contribution in [2.45, 2.75) is 12.8 Å². The fourth-order valence-electron chi connectivity index (χ4n) is 2.86. The molecule has 0 fully saturated rings. The van der Waals surface area contributed by atoms with Gasteiger partial charge in [0.2, 0.25) is 5.82 Å². The van der Waals surface area contributed by atoms with Gasteiger partial charge >= 0.3 is 0 Å². The minimum atomic E-state index is -0.305. The Hall–Kier alpha value is -3.48. The molecule has 0 atom stereocenters. The summed E-state index contributed by atoms with van der Waals surface area (Å²) >= 11 is 0. The van der Waals surface area contributed by atoms with Crippen molar-refractivity contribution in [2.24, 2.45) is 0 Å². The third-order valence-electron chi connectivity index (χ3n) is 4.41. The minimum absolute atomic E-state index is 0.305. The number of pyridine rings is 1. The smallest absolute Gasteiger partial charge is 0.259 e. The van der Waals surface area contributed by atoms with Crippen molar-refractivity contribution in [3.63, 3.8) is 0 Å². The Morgan fingerprint density at radius 3 is 2.57 bits per heavy atom. The van der Waals surface area contributed by atoms with Crippen molar-refractivity contribution in [3.05, 3.63) is 72.6 Å². The van der Waals surface area contributed by atoms with E-state index in [-0.39, 0.29) is 5.82 Å². The Morgan fingerprint density at radius 1 is 1.04 bits per heavy atom. The Balaban J connectivity index is 1.39. The number of furan rings is 1. The topological polar surface area (TPSA) is 68.2 Å². The van der Waals surface area contributed by atoms with Crippen molar-refractivity contribution >= 4 is 5.82 Å². The molecular weight excluding hydrogens is 359 g/mol. The molecule has 0 saturated carbocycles. The first-order valence-electron chi connectivity index (χ1n) is 8.98. The van der Waals surface area contributed by atoms with E-state index in [9.17, 15) is 4.39 Å². The number of anilines is 1. The van der Waals surface area contributed by atoms with E-state index in [1.807, 2.05) is 31.3 Å². The van der Waals surface area contributed by atoms with Crippen LogP contribution in [0.5, 0.6) is 0 Å². The van der Waals surface area contributed by atoms with Crippen LogP contribution in [0, 0.1) is 5.82 Å². The number of nitrogens with zero attached hydrogens (tertiary/aromatic N) is 4. The van der Waals surface area contributed by atoms with Gasteiger partial charge in [-0.1, -0.05) is 5.16 Å². The van der Waals surface area contributed by atoms with Crippen molar-refractivity contribution in [1.82, 2.24) is 15.1 Å². The Morgan fingerprint density at radius 2 is 1.86 bits per heavy atom. The van der Waals surface area contributed by atoms with Crippen LogP contribution in [0.3, 0.4) is 0 Å². The van der Waals surface area contributed by atoms with Crippen molar-refractivity contribution < 1.29 is 13.3 Å². The Kier molecular flexibility index (Phi) is 5.14. The van der Waals surface area contributed by atoms with E-state index in [1.54, 1.807) is 24.6 Å². The lowest BCUT2D eigenvalue weighted by molar-refractivity contribution is 0.432. The molecule has 142 valence electrons. The van der Waals surface area contributed by atoms with Crippen LogP contribution in [0.25, 0.3) is 22.8 Å². The van der Waals surface area contributed by atoms with Gasteiger partial charge in [-0.05, 0) is 55.0 Å². The monoisotopic (exact) mass is 378 g/mol. The molecule has 4 rings (SSSR count). The molecule has 4 aromatic rings. The number of benzene rings is 1. The van der Waals surface area contributed by atoms with E-state index in [0.29, 0.717) is 17.3 Å². The van der Waals surface area contributed by atoms with Crippen LogP contribution in [0.2, 0.25) is 0 Å². The summed E-state index contributed by atoms with van der Waals surface area (Å²) in [6.45, 7) is 0.863. The van der Waals surface area contributed by atoms with Gasteiger partial charge < -0.3 is 13.8 Å². The van der Waals surface area contributed by atoms with Gasteiger partial charge in [-0.2, -0.15) is 4.98 Å². The second kappa shape index (κ2) is 8.04. The van der Waals surface area contributed by atoms with Gasteiger partial charge in [0.05, 0.1) is 11.8 Å². The molecule has 6 nitrogen and oxygen atoms in total. The maximum absolute atomic E-state index is 13.0. The molecule has 0 aliphatic heterocycles. The summed E-state index contributed by atoms with van der Waals surface area (Å²) in [5.74, 6) is 2.33. The molecule has 0 N–H and O–H groups in total. The molecule has 0 spiro atoms. The summed E-state index contributed by atoms with van der Waals surface area (Å²) in [7, 11) is 2.00. The normalized spacial score (nSPS) is 10.9. The molecule has 0 unspecified atom stereocenters. The van der Waals surface area contributed by atoms with E-state index in [0.717, 1.165) is 36.5 Å². The van der Waals surface area contributed by atoms with Crippen LogP contribution >= 0.6 is 0 Å². The Labute approximate surface area is 161 Å². The number of aryl methyl sites for hydroxylation is 1. The molecule has 0 saturated heterocycles. The van der Waals surface area contributed by atoms with E-state index in [1.165, 1.54) is 12.1 Å². The van der Waals surface area contributed by atoms with E-state index < -0.39 is 0 Å². The maximum atomic E-state index is 13.0. The number of aromatic nitrogens is 3.